The van der Waals surface area contributed by atoms with Gasteiger partial charge in [-0.05, 0) is 6.07 Å². The number of nitro groups is 1. The highest BCUT2D eigenvalue weighted by Gasteiger charge is 2.09. The molecule has 2 aromatic rings. The van der Waals surface area contributed by atoms with Crippen LogP contribution in [0.1, 0.15) is 11.1 Å². The van der Waals surface area contributed by atoms with Gasteiger partial charge >= 0.3 is 0 Å². The summed E-state index contributed by atoms with van der Waals surface area (Å²) in [4.78, 5) is 10.4. The predicted octanol–water partition coefficient (Wildman–Crippen LogP) is 2.88. The van der Waals surface area contributed by atoms with Crippen LogP contribution in [0, 0.1) is 10.1 Å². The lowest BCUT2D eigenvalue weighted by atomic mass is 10.1. The zero-order valence-electron chi connectivity index (χ0n) is 11.4. The van der Waals surface area contributed by atoms with E-state index in [1.807, 2.05) is 18.2 Å². The summed E-state index contributed by atoms with van der Waals surface area (Å²) in [6.07, 6.45) is 2.43. The molecule has 0 spiro atoms. The van der Waals surface area contributed by atoms with E-state index in [4.69, 9.17) is 5.21 Å². The summed E-state index contributed by atoms with van der Waals surface area (Å²) in [5.41, 5.74) is 1.32. The van der Waals surface area contributed by atoms with Gasteiger partial charge in [-0.2, -0.15) is 5.10 Å². The molecule has 0 unspecified atom stereocenters. The molecule has 0 radical (unpaired) electrons. The van der Waals surface area contributed by atoms with Gasteiger partial charge in [-0.25, -0.2) is 0 Å². The fraction of sp³-hybridized carbons (Fsp3) is 0. The second-order valence-corrected chi connectivity index (χ2v) is 4.16. The highest BCUT2D eigenvalue weighted by Crippen LogP contribution is 2.15. The van der Waals surface area contributed by atoms with E-state index in [9.17, 15) is 10.1 Å². The molecule has 2 aromatic carbocycles. The third kappa shape index (κ3) is 3.83. The first-order valence-corrected chi connectivity index (χ1v) is 6.29. The van der Waals surface area contributed by atoms with Crippen LogP contribution in [0.3, 0.4) is 0 Å². The number of benzene rings is 2. The summed E-state index contributed by atoms with van der Waals surface area (Å²) in [5, 5.41) is 30.3. The van der Waals surface area contributed by atoms with Crippen LogP contribution in [0.25, 0.3) is 0 Å². The monoisotopic (exact) mass is 296 g/mol. The van der Waals surface area contributed by atoms with Gasteiger partial charge in [0, 0.05) is 11.6 Å². The van der Waals surface area contributed by atoms with E-state index in [0.29, 0.717) is 16.8 Å². The zero-order chi connectivity index (χ0) is 15.8. The number of nitrogens with zero attached hydrogens (tertiary/aromatic N) is 4. The van der Waals surface area contributed by atoms with Gasteiger partial charge in [-0.3, -0.25) is 10.1 Å². The minimum Gasteiger partial charge on any atom is -0.411 e. The summed E-state index contributed by atoms with van der Waals surface area (Å²) in [5.74, 6) is 0. The molecule has 0 aliphatic heterocycles. The maximum absolute atomic E-state index is 10.9. The molecule has 1 N–H and O–H groups in total. The minimum absolute atomic E-state index is 0.0569. The van der Waals surface area contributed by atoms with Crippen molar-refractivity contribution >= 4 is 23.8 Å². The average Bonchev–Trinajstić information content (AvgIpc) is 2.55. The SMILES string of the molecule is O=[N+]([O-])c1ccccc1/C=N/N=C(\C=N\O)c1ccccc1. The molecule has 110 valence electrons. The number of hydrogen-bond donors (Lipinski definition) is 1. The quantitative estimate of drug-likeness (QED) is 0.397. The molecular weight excluding hydrogens is 284 g/mol. The minimum atomic E-state index is -0.488. The fourth-order valence-electron chi connectivity index (χ4n) is 1.74. The largest absolute Gasteiger partial charge is 0.411 e. The van der Waals surface area contributed by atoms with Crippen molar-refractivity contribution in [2.24, 2.45) is 15.4 Å². The van der Waals surface area contributed by atoms with E-state index >= 15 is 0 Å². The van der Waals surface area contributed by atoms with Gasteiger partial charge in [0.2, 0.25) is 0 Å². The molecule has 7 heteroatoms. The lowest BCUT2D eigenvalue weighted by Gasteiger charge is -1.97. The van der Waals surface area contributed by atoms with Gasteiger partial charge in [-0.1, -0.05) is 47.6 Å². The Morgan fingerprint density at radius 1 is 1.09 bits per heavy atom. The Kier molecular flexibility index (Phi) is 5.09. The molecule has 0 bridgehead atoms. The van der Waals surface area contributed by atoms with Crippen LogP contribution in [0.5, 0.6) is 0 Å². The van der Waals surface area contributed by atoms with Crippen LogP contribution in [-0.4, -0.2) is 28.3 Å². The summed E-state index contributed by atoms with van der Waals surface area (Å²) in [6.45, 7) is 0. The second kappa shape index (κ2) is 7.44. The molecule has 0 heterocycles. The van der Waals surface area contributed by atoms with Crippen molar-refractivity contribution in [2.75, 3.05) is 0 Å². The van der Waals surface area contributed by atoms with Gasteiger partial charge in [0.05, 0.1) is 22.9 Å². The van der Waals surface area contributed by atoms with Gasteiger partial charge in [-0.15, -0.1) is 5.10 Å². The Morgan fingerprint density at radius 3 is 2.45 bits per heavy atom. The molecule has 7 nitrogen and oxygen atoms in total. The van der Waals surface area contributed by atoms with E-state index in [2.05, 4.69) is 15.4 Å². The van der Waals surface area contributed by atoms with Crippen LogP contribution in [0.15, 0.2) is 70.0 Å². The summed E-state index contributed by atoms with van der Waals surface area (Å²) < 4.78 is 0. The van der Waals surface area contributed by atoms with E-state index < -0.39 is 4.92 Å². The summed E-state index contributed by atoms with van der Waals surface area (Å²) in [6, 6.07) is 15.2. The molecule has 0 saturated heterocycles. The average molecular weight is 296 g/mol. The lowest BCUT2D eigenvalue weighted by molar-refractivity contribution is -0.385. The van der Waals surface area contributed by atoms with Crippen molar-refractivity contribution in [1.82, 2.24) is 0 Å². The number of para-hydroxylation sites is 1. The van der Waals surface area contributed by atoms with Crippen LogP contribution in [0.4, 0.5) is 5.69 Å². The summed E-state index contributed by atoms with van der Waals surface area (Å²) >= 11 is 0. The van der Waals surface area contributed by atoms with Crippen LogP contribution < -0.4 is 0 Å². The van der Waals surface area contributed by atoms with Crippen molar-refractivity contribution < 1.29 is 10.1 Å². The normalized spacial score (nSPS) is 12.1. The van der Waals surface area contributed by atoms with Crippen LogP contribution in [0.2, 0.25) is 0 Å². The number of rotatable bonds is 5. The Morgan fingerprint density at radius 2 is 1.77 bits per heavy atom. The van der Waals surface area contributed by atoms with E-state index in [-0.39, 0.29) is 5.69 Å². The number of nitro benzene ring substituents is 1. The Hall–Kier alpha value is -3.35. The van der Waals surface area contributed by atoms with Crippen molar-refractivity contribution in [1.29, 1.82) is 0 Å². The first-order chi connectivity index (χ1) is 10.7. The van der Waals surface area contributed by atoms with Gasteiger partial charge < -0.3 is 5.21 Å². The predicted molar refractivity (Wildman–Crippen MR) is 83.9 cm³/mol. The standard InChI is InChI=1S/C15H12N4O3/c20-17-11-14(12-6-2-1-3-7-12)18-16-10-13-8-4-5-9-15(13)19(21)22/h1-11,20H/b16-10+,17-11+,18-14+. The smallest absolute Gasteiger partial charge is 0.278 e. The zero-order valence-corrected chi connectivity index (χ0v) is 11.4. The molecule has 0 atom stereocenters. The topological polar surface area (TPSA) is 100 Å². The van der Waals surface area contributed by atoms with E-state index in [1.165, 1.54) is 12.3 Å². The van der Waals surface area contributed by atoms with Crippen molar-refractivity contribution in [2.45, 2.75) is 0 Å². The van der Waals surface area contributed by atoms with Gasteiger partial charge in [0.15, 0.2) is 0 Å². The number of oxime groups is 1. The lowest BCUT2D eigenvalue weighted by Crippen LogP contribution is -2.01. The maximum Gasteiger partial charge on any atom is 0.278 e. The van der Waals surface area contributed by atoms with Crippen molar-refractivity contribution in [3.05, 3.63) is 75.8 Å². The first-order valence-electron chi connectivity index (χ1n) is 6.29. The highest BCUT2D eigenvalue weighted by atomic mass is 16.6. The van der Waals surface area contributed by atoms with E-state index in [0.717, 1.165) is 6.21 Å². The third-order valence-electron chi connectivity index (χ3n) is 2.75. The molecule has 0 saturated carbocycles. The molecule has 0 aromatic heterocycles. The fourth-order valence-corrected chi connectivity index (χ4v) is 1.74. The Labute approximate surface area is 126 Å². The highest BCUT2D eigenvalue weighted by molar-refractivity contribution is 6.38. The van der Waals surface area contributed by atoms with Crippen LogP contribution in [-0.2, 0) is 0 Å². The Balaban J connectivity index is 2.30. The molecule has 0 aliphatic carbocycles. The van der Waals surface area contributed by atoms with Crippen molar-refractivity contribution in [3.8, 4) is 0 Å². The molecular formula is C15H12N4O3. The van der Waals surface area contributed by atoms with Gasteiger partial charge in [0.1, 0.15) is 5.71 Å². The van der Waals surface area contributed by atoms with Crippen LogP contribution >= 0.6 is 0 Å². The first kappa shape index (κ1) is 15.0. The van der Waals surface area contributed by atoms with Gasteiger partial charge in [0.25, 0.3) is 5.69 Å². The second-order valence-electron chi connectivity index (χ2n) is 4.16. The van der Waals surface area contributed by atoms with E-state index in [1.54, 1.807) is 30.3 Å². The maximum atomic E-state index is 10.9. The Bertz CT molecular complexity index is 739. The molecule has 22 heavy (non-hydrogen) atoms. The third-order valence-corrected chi connectivity index (χ3v) is 2.75. The molecule has 0 amide bonds. The molecule has 2 rings (SSSR count). The van der Waals surface area contributed by atoms with Crippen molar-refractivity contribution in [3.63, 3.8) is 0 Å². The summed E-state index contributed by atoms with van der Waals surface area (Å²) in [7, 11) is 0. The molecule has 0 fully saturated rings. The molecule has 0 aliphatic rings. The number of hydrogen-bond acceptors (Lipinski definition) is 6.